The summed E-state index contributed by atoms with van der Waals surface area (Å²) in [5, 5.41) is 0. The van der Waals surface area contributed by atoms with Crippen molar-refractivity contribution in [1.29, 1.82) is 0 Å². The zero-order valence-corrected chi connectivity index (χ0v) is 10.9. The lowest BCUT2D eigenvalue weighted by Crippen LogP contribution is -2.26. The number of thiocarbonyl (C=S) groups is 1. The Bertz CT molecular complexity index is 431. The summed E-state index contributed by atoms with van der Waals surface area (Å²) in [7, 11) is 0. The van der Waals surface area contributed by atoms with Crippen molar-refractivity contribution in [2.24, 2.45) is 5.73 Å². The third-order valence-electron chi connectivity index (χ3n) is 3.22. The van der Waals surface area contributed by atoms with Crippen LogP contribution in [0.1, 0.15) is 31.2 Å². The molecule has 0 atom stereocenters. The Morgan fingerprint density at radius 1 is 1.06 bits per heavy atom. The van der Waals surface area contributed by atoms with E-state index in [0.717, 1.165) is 25.7 Å². The molecule has 2 nitrogen and oxygen atoms in total. The molecule has 1 aliphatic heterocycles. The van der Waals surface area contributed by atoms with E-state index in [1.54, 1.807) is 4.90 Å². The van der Waals surface area contributed by atoms with Crippen LogP contribution < -0.4 is 10.6 Å². The van der Waals surface area contributed by atoms with Crippen molar-refractivity contribution in [3.63, 3.8) is 0 Å². The third-order valence-corrected chi connectivity index (χ3v) is 3.46. The molecule has 1 heterocycles. The van der Waals surface area contributed by atoms with Crippen molar-refractivity contribution in [3.8, 4) is 0 Å². The van der Waals surface area contributed by atoms with Crippen LogP contribution in [0.3, 0.4) is 0 Å². The summed E-state index contributed by atoms with van der Waals surface area (Å²) in [5.41, 5.74) is 5.68. The van der Waals surface area contributed by atoms with Gasteiger partial charge in [-0.05, 0) is 25.0 Å². The molecule has 1 aliphatic rings. The highest BCUT2D eigenvalue weighted by molar-refractivity contribution is 7.80. The summed E-state index contributed by atoms with van der Waals surface area (Å²) >= 11 is 4.73. The van der Waals surface area contributed by atoms with Gasteiger partial charge < -0.3 is 10.6 Å². The molecule has 18 heavy (non-hydrogen) atoms. The molecule has 0 saturated carbocycles. The lowest BCUT2D eigenvalue weighted by atomic mass is 10.1. The highest BCUT2D eigenvalue weighted by Gasteiger charge is 2.19. The van der Waals surface area contributed by atoms with Crippen LogP contribution in [-0.2, 0) is 0 Å². The van der Waals surface area contributed by atoms with Crippen LogP contribution in [0.25, 0.3) is 0 Å². The van der Waals surface area contributed by atoms with Crippen LogP contribution in [-0.4, -0.2) is 18.1 Å². The van der Waals surface area contributed by atoms with E-state index in [0.29, 0.717) is 13.1 Å². The van der Waals surface area contributed by atoms with Gasteiger partial charge in [0.1, 0.15) is 22.3 Å². The van der Waals surface area contributed by atoms with Gasteiger partial charge in [0.05, 0.1) is 0 Å². The zero-order valence-electron chi connectivity index (χ0n) is 10.1. The Morgan fingerprint density at radius 2 is 1.56 bits per heavy atom. The average Bonchev–Trinajstić information content (AvgIpc) is 2.57. The van der Waals surface area contributed by atoms with Crippen LogP contribution in [0, 0.1) is 11.6 Å². The molecule has 1 saturated heterocycles. The van der Waals surface area contributed by atoms with Crippen molar-refractivity contribution < 1.29 is 8.78 Å². The fourth-order valence-electron chi connectivity index (χ4n) is 2.30. The molecule has 1 aromatic carbocycles. The summed E-state index contributed by atoms with van der Waals surface area (Å²) in [6.45, 7) is 1.39. The first-order chi connectivity index (χ1) is 8.59. The predicted octanol–water partition coefficient (Wildman–Crippen LogP) is 2.98. The van der Waals surface area contributed by atoms with Crippen molar-refractivity contribution in [3.05, 3.63) is 29.3 Å². The van der Waals surface area contributed by atoms with E-state index in [4.69, 9.17) is 18.0 Å². The van der Waals surface area contributed by atoms with Gasteiger partial charge in [-0.2, -0.15) is 0 Å². The minimum Gasteiger partial charge on any atom is -0.389 e. The van der Waals surface area contributed by atoms with Gasteiger partial charge >= 0.3 is 0 Å². The molecule has 2 rings (SSSR count). The maximum Gasteiger partial charge on any atom is 0.150 e. The molecular weight excluding hydrogens is 254 g/mol. The van der Waals surface area contributed by atoms with Crippen LogP contribution >= 0.6 is 12.2 Å². The number of rotatable bonds is 2. The maximum absolute atomic E-state index is 14.0. The maximum atomic E-state index is 14.0. The van der Waals surface area contributed by atoms with E-state index in [2.05, 4.69) is 0 Å². The number of anilines is 1. The minimum atomic E-state index is -0.584. The van der Waals surface area contributed by atoms with E-state index >= 15 is 0 Å². The van der Waals surface area contributed by atoms with Crippen molar-refractivity contribution in [2.45, 2.75) is 25.7 Å². The molecule has 1 fully saturated rings. The summed E-state index contributed by atoms with van der Waals surface area (Å²) in [5.74, 6) is -1.17. The lowest BCUT2D eigenvalue weighted by molar-refractivity contribution is 0.570. The van der Waals surface area contributed by atoms with E-state index in [9.17, 15) is 8.78 Å². The molecule has 0 bridgehead atoms. The van der Waals surface area contributed by atoms with Crippen molar-refractivity contribution >= 4 is 22.9 Å². The largest absolute Gasteiger partial charge is 0.389 e. The fraction of sp³-hybridized carbons (Fsp3) is 0.462. The van der Waals surface area contributed by atoms with Crippen LogP contribution in [0.5, 0.6) is 0 Å². The Hall–Kier alpha value is -1.23. The van der Waals surface area contributed by atoms with E-state index < -0.39 is 11.6 Å². The number of nitrogens with zero attached hydrogens (tertiary/aromatic N) is 1. The summed E-state index contributed by atoms with van der Waals surface area (Å²) < 4.78 is 28.0. The lowest BCUT2D eigenvalue weighted by Gasteiger charge is -2.24. The molecule has 98 valence electrons. The fourth-order valence-corrected chi connectivity index (χ4v) is 2.42. The Labute approximate surface area is 111 Å². The first-order valence-electron chi connectivity index (χ1n) is 6.13. The second-order valence-electron chi connectivity index (χ2n) is 4.55. The van der Waals surface area contributed by atoms with Gasteiger partial charge in [-0.1, -0.05) is 25.1 Å². The van der Waals surface area contributed by atoms with Crippen LogP contribution in [0.2, 0.25) is 0 Å². The molecule has 1 aromatic rings. The monoisotopic (exact) mass is 270 g/mol. The van der Waals surface area contributed by atoms with Gasteiger partial charge in [0, 0.05) is 18.7 Å². The molecule has 0 aliphatic carbocycles. The standard InChI is InChI=1S/C13H16F2N2S/c14-10-7-9(13(16)18)8-11(15)12(10)17-5-3-1-2-4-6-17/h7-8H,1-6H2,(H2,16,18). The quantitative estimate of drug-likeness (QED) is 0.838. The number of halogens is 2. The normalized spacial score (nSPS) is 16.4. The average molecular weight is 270 g/mol. The van der Waals surface area contributed by atoms with Crippen LogP contribution in [0.15, 0.2) is 12.1 Å². The van der Waals surface area contributed by atoms with Gasteiger partial charge in [-0.3, -0.25) is 0 Å². The summed E-state index contributed by atoms with van der Waals surface area (Å²) in [6, 6.07) is 2.43. The van der Waals surface area contributed by atoms with Gasteiger partial charge in [0.25, 0.3) is 0 Å². The second kappa shape index (κ2) is 5.61. The van der Waals surface area contributed by atoms with Crippen molar-refractivity contribution in [1.82, 2.24) is 0 Å². The second-order valence-corrected chi connectivity index (χ2v) is 4.99. The third kappa shape index (κ3) is 2.77. The predicted molar refractivity (Wildman–Crippen MR) is 72.9 cm³/mol. The van der Waals surface area contributed by atoms with E-state index in [1.807, 2.05) is 0 Å². The molecule has 0 unspecified atom stereocenters. The number of benzene rings is 1. The Morgan fingerprint density at radius 3 is 2.00 bits per heavy atom. The number of hydrogen-bond acceptors (Lipinski definition) is 2. The summed E-state index contributed by atoms with van der Waals surface area (Å²) in [4.78, 5) is 1.79. The summed E-state index contributed by atoms with van der Waals surface area (Å²) in [6.07, 6.45) is 4.17. The van der Waals surface area contributed by atoms with Gasteiger partial charge in [0.2, 0.25) is 0 Å². The topological polar surface area (TPSA) is 29.3 Å². The molecule has 0 spiro atoms. The molecule has 0 radical (unpaired) electrons. The minimum absolute atomic E-state index is 0.00946. The highest BCUT2D eigenvalue weighted by Crippen LogP contribution is 2.27. The molecule has 0 aromatic heterocycles. The van der Waals surface area contributed by atoms with Crippen LogP contribution in [0.4, 0.5) is 14.5 Å². The first kappa shape index (κ1) is 13.2. The zero-order chi connectivity index (χ0) is 13.1. The van der Waals surface area contributed by atoms with Gasteiger partial charge in [-0.15, -0.1) is 0 Å². The number of nitrogens with two attached hydrogens (primary N) is 1. The Balaban J connectivity index is 2.34. The molecule has 2 N–H and O–H groups in total. The smallest absolute Gasteiger partial charge is 0.150 e. The number of hydrogen-bond donors (Lipinski definition) is 1. The molecular formula is C13H16F2N2S. The molecule has 5 heteroatoms. The van der Waals surface area contributed by atoms with E-state index in [-0.39, 0.29) is 16.2 Å². The molecule has 0 amide bonds. The van der Waals surface area contributed by atoms with E-state index in [1.165, 1.54) is 12.1 Å². The SMILES string of the molecule is NC(=S)c1cc(F)c(N2CCCCCC2)c(F)c1. The Kier molecular flexibility index (Phi) is 4.11. The van der Waals surface area contributed by atoms with Crippen molar-refractivity contribution in [2.75, 3.05) is 18.0 Å². The van der Waals surface area contributed by atoms with Gasteiger partial charge in [0.15, 0.2) is 0 Å². The highest BCUT2D eigenvalue weighted by atomic mass is 32.1. The first-order valence-corrected chi connectivity index (χ1v) is 6.54. The van der Waals surface area contributed by atoms with Gasteiger partial charge in [-0.25, -0.2) is 8.78 Å².